The molecule has 0 spiro atoms. The van der Waals surface area contributed by atoms with Gasteiger partial charge in [0.2, 0.25) is 11.5 Å². The second-order valence-corrected chi connectivity index (χ2v) is 7.90. The molecular formula is C28H24O5. The van der Waals surface area contributed by atoms with Crippen LogP contribution in [0.1, 0.15) is 27.4 Å². The fraction of sp³-hybridized carbons (Fsp3) is 0.179. The van der Waals surface area contributed by atoms with E-state index >= 15 is 0 Å². The van der Waals surface area contributed by atoms with Gasteiger partial charge in [-0.2, -0.15) is 0 Å². The van der Waals surface area contributed by atoms with E-state index in [4.69, 9.17) is 18.9 Å². The van der Waals surface area contributed by atoms with Gasteiger partial charge in [-0.3, -0.25) is 4.79 Å². The van der Waals surface area contributed by atoms with Crippen molar-refractivity contribution in [1.82, 2.24) is 0 Å². The monoisotopic (exact) mass is 440 g/mol. The van der Waals surface area contributed by atoms with E-state index < -0.39 is 6.10 Å². The Morgan fingerprint density at radius 1 is 0.788 bits per heavy atom. The highest BCUT2D eigenvalue weighted by Gasteiger charge is 2.42. The number of carbonyl (C=O) groups excluding carboxylic acids is 1. The zero-order valence-corrected chi connectivity index (χ0v) is 18.7. The van der Waals surface area contributed by atoms with Gasteiger partial charge in [0.15, 0.2) is 17.6 Å². The number of ketones is 1. The van der Waals surface area contributed by atoms with Crippen LogP contribution >= 0.6 is 0 Å². The highest BCUT2D eigenvalue weighted by atomic mass is 16.5. The second kappa shape index (κ2) is 8.51. The van der Waals surface area contributed by atoms with Gasteiger partial charge in [-0.1, -0.05) is 60.7 Å². The molecule has 4 aromatic rings. The lowest BCUT2D eigenvalue weighted by Gasteiger charge is -2.22. The van der Waals surface area contributed by atoms with Gasteiger partial charge in [0.1, 0.15) is 5.75 Å². The predicted molar refractivity (Wildman–Crippen MR) is 127 cm³/mol. The molecule has 1 heterocycles. The maximum Gasteiger partial charge on any atom is 0.204 e. The number of ether oxygens (including phenoxy) is 4. The Balaban J connectivity index is 1.75. The van der Waals surface area contributed by atoms with Crippen LogP contribution in [-0.4, -0.2) is 33.2 Å². The zero-order chi connectivity index (χ0) is 22.9. The molecule has 0 radical (unpaired) electrons. The Morgan fingerprint density at radius 3 is 2.12 bits per heavy atom. The van der Waals surface area contributed by atoms with Crippen LogP contribution in [0.2, 0.25) is 0 Å². The van der Waals surface area contributed by atoms with Crippen molar-refractivity contribution in [2.45, 2.75) is 12.0 Å². The van der Waals surface area contributed by atoms with Gasteiger partial charge in [0.05, 0.1) is 27.2 Å². The molecular weight excluding hydrogens is 416 g/mol. The van der Waals surface area contributed by atoms with E-state index in [9.17, 15) is 4.79 Å². The first kappa shape index (κ1) is 20.9. The number of hydrogen-bond donors (Lipinski definition) is 0. The lowest BCUT2D eigenvalue weighted by atomic mass is 9.82. The molecule has 0 amide bonds. The first-order chi connectivity index (χ1) is 16.2. The lowest BCUT2D eigenvalue weighted by Crippen LogP contribution is -2.30. The standard InChI is InChI=1S/C28H24O5/c1-30-22-15-19(16-23(31-2)27(22)32-3)24-25-20-12-8-7-9-17(20)13-14-21(25)33-28(24)26(29)18-10-5-4-6-11-18/h4-16,24,28H,1-3H3/t24-,28-/m0/s1. The van der Waals surface area contributed by atoms with Crippen molar-refractivity contribution in [3.63, 3.8) is 0 Å². The molecule has 0 aromatic heterocycles. The third kappa shape index (κ3) is 3.46. The molecule has 166 valence electrons. The summed E-state index contributed by atoms with van der Waals surface area (Å²) in [5.41, 5.74) is 2.45. The molecule has 0 unspecified atom stereocenters. The van der Waals surface area contributed by atoms with Crippen molar-refractivity contribution in [2.75, 3.05) is 21.3 Å². The number of benzene rings is 4. The van der Waals surface area contributed by atoms with Crippen LogP contribution in [0.25, 0.3) is 10.8 Å². The summed E-state index contributed by atoms with van der Waals surface area (Å²) < 4.78 is 23.1. The van der Waals surface area contributed by atoms with Gasteiger partial charge in [-0.15, -0.1) is 0 Å². The maximum absolute atomic E-state index is 13.7. The first-order valence-electron chi connectivity index (χ1n) is 10.7. The summed E-state index contributed by atoms with van der Waals surface area (Å²) in [6.07, 6.45) is -0.726. The van der Waals surface area contributed by atoms with E-state index in [-0.39, 0.29) is 11.7 Å². The summed E-state index contributed by atoms with van der Waals surface area (Å²) in [6, 6.07) is 25.2. The largest absolute Gasteiger partial charge is 0.493 e. The van der Waals surface area contributed by atoms with Crippen molar-refractivity contribution in [3.8, 4) is 23.0 Å². The average Bonchev–Trinajstić information content (AvgIpc) is 3.28. The van der Waals surface area contributed by atoms with E-state index in [1.807, 2.05) is 66.7 Å². The van der Waals surface area contributed by atoms with Gasteiger partial charge in [0, 0.05) is 11.1 Å². The van der Waals surface area contributed by atoms with Crippen molar-refractivity contribution in [1.29, 1.82) is 0 Å². The minimum absolute atomic E-state index is 0.0744. The van der Waals surface area contributed by atoms with Gasteiger partial charge in [-0.25, -0.2) is 0 Å². The van der Waals surface area contributed by atoms with E-state index in [0.717, 1.165) is 21.9 Å². The normalized spacial score (nSPS) is 16.7. The summed E-state index contributed by atoms with van der Waals surface area (Å²) in [5, 5.41) is 2.14. The van der Waals surface area contributed by atoms with E-state index in [1.54, 1.807) is 21.3 Å². The van der Waals surface area contributed by atoms with Gasteiger partial charge >= 0.3 is 0 Å². The van der Waals surface area contributed by atoms with Gasteiger partial charge in [-0.05, 0) is 34.5 Å². The molecule has 5 heteroatoms. The topological polar surface area (TPSA) is 54.0 Å². The molecule has 0 bridgehead atoms. The number of methoxy groups -OCH3 is 3. The van der Waals surface area contributed by atoms with Crippen LogP contribution in [0.3, 0.4) is 0 Å². The minimum Gasteiger partial charge on any atom is -0.493 e. The van der Waals surface area contributed by atoms with Crippen LogP contribution in [-0.2, 0) is 0 Å². The van der Waals surface area contributed by atoms with Gasteiger partial charge < -0.3 is 18.9 Å². The summed E-state index contributed by atoms with van der Waals surface area (Å²) in [5.74, 6) is 1.86. The molecule has 1 aliphatic rings. The van der Waals surface area contributed by atoms with E-state index in [0.29, 0.717) is 28.6 Å². The average molecular weight is 440 g/mol. The third-order valence-electron chi connectivity index (χ3n) is 6.16. The fourth-order valence-electron chi connectivity index (χ4n) is 4.65. The van der Waals surface area contributed by atoms with Gasteiger partial charge in [0.25, 0.3) is 0 Å². The number of carbonyl (C=O) groups is 1. The van der Waals surface area contributed by atoms with E-state index in [2.05, 4.69) is 12.1 Å². The Bertz CT molecular complexity index is 1300. The summed E-state index contributed by atoms with van der Waals surface area (Å²) >= 11 is 0. The maximum atomic E-state index is 13.7. The molecule has 4 aromatic carbocycles. The second-order valence-electron chi connectivity index (χ2n) is 7.90. The molecule has 33 heavy (non-hydrogen) atoms. The molecule has 0 aliphatic carbocycles. The molecule has 2 atom stereocenters. The highest BCUT2D eigenvalue weighted by Crippen LogP contribution is 2.50. The van der Waals surface area contributed by atoms with Crippen LogP contribution in [0, 0.1) is 0 Å². The molecule has 5 nitrogen and oxygen atoms in total. The van der Waals surface area contributed by atoms with Crippen LogP contribution < -0.4 is 18.9 Å². The summed E-state index contributed by atoms with van der Waals surface area (Å²) in [7, 11) is 4.74. The van der Waals surface area contributed by atoms with E-state index in [1.165, 1.54) is 0 Å². The number of fused-ring (bicyclic) bond motifs is 3. The minimum atomic E-state index is -0.726. The number of Topliss-reactive ketones (excluding diaryl/α,β-unsaturated/α-hetero) is 1. The fourth-order valence-corrected chi connectivity index (χ4v) is 4.65. The smallest absolute Gasteiger partial charge is 0.204 e. The highest BCUT2D eigenvalue weighted by molar-refractivity contribution is 6.02. The Morgan fingerprint density at radius 2 is 1.45 bits per heavy atom. The summed E-state index contributed by atoms with van der Waals surface area (Å²) in [4.78, 5) is 13.7. The van der Waals surface area contributed by atoms with Crippen molar-refractivity contribution >= 4 is 16.6 Å². The number of rotatable bonds is 6. The van der Waals surface area contributed by atoms with Crippen LogP contribution in [0.15, 0.2) is 78.9 Å². The molecule has 1 aliphatic heterocycles. The Labute approximate surface area is 192 Å². The molecule has 0 saturated carbocycles. The first-order valence-corrected chi connectivity index (χ1v) is 10.7. The van der Waals surface area contributed by atoms with Crippen molar-refractivity contribution in [3.05, 3.63) is 95.6 Å². The van der Waals surface area contributed by atoms with Crippen molar-refractivity contribution in [2.24, 2.45) is 0 Å². The third-order valence-corrected chi connectivity index (χ3v) is 6.16. The molecule has 5 rings (SSSR count). The molecule has 0 N–H and O–H groups in total. The Kier molecular flexibility index (Phi) is 5.38. The van der Waals surface area contributed by atoms with Crippen molar-refractivity contribution < 1.29 is 23.7 Å². The zero-order valence-electron chi connectivity index (χ0n) is 18.7. The predicted octanol–water partition coefficient (Wildman–Crippen LogP) is 5.64. The SMILES string of the molecule is COc1cc([C@H]2c3c(ccc4ccccc34)O[C@@H]2C(=O)c2ccccc2)cc(OC)c1OC. The summed E-state index contributed by atoms with van der Waals surface area (Å²) in [6.45, 7) is 0. The Hall–Kier alpha value is -3.99. The quantitative estimate of drug-likeness (QED) is 0.363. The molecule has 0 fully saturated rings. The lowest BCUT2D eigenvalue weighted by molar-refractivity contribution is 0.0806. The van der Waals surface area contributed by atoms with Crippen LogP contribution in [0.5, 0.6) is 23.0 Å². The van der Waals surface area contributed by atoms with Crippen LogP contribution in [0.4, 0.5) is 0 Å². The number of hydrogen-bond acceptors (Lipinski definition) is 5. The molecule has 0 saturated heterocycles.